The average molecular weight is 535 g/mol. The van der Waals surface area contributed by atoms with Gasteiger partial charge in [-0.1, -0.05) is 13.8 Å². The van der Waals surface area contributed by atoms with Crippen molar-refractivity contribution in [3.05, 3.63) is 35.9 Å². The first kappa shape index (κ1) is 27.6. The van der Waals surface area contributed by atoms with Crippen molar-refractivity contribution < 1.29 is 14.2 Å². The van der Waals surface area contributed by atoms with E-state index in [-0.39, 0.29) is 12.1 Å². The molecule has 1 unspecified atom stereocenters. The maximum Gasteiger partial charge on any atom is 0.229 e. The predicted molar refractivity (Wildman–Crippen MR) is 156 cm³/mol. The van der Waals surface area contributed by atoms with Crippen LogP contribution in [0.2, 0.25) is 0 Å². The molecular formula is C30H42N6O3. The van der Waals surface area contributed by atoms with Gasteiger partial charge in [-0.3, -0.25) is 0 Å². The molecule has 4 heterocycles. The molecule has 0 spiro atoms. The van der Waals surface area contributed by atoms with E-state index >= 15 is 0 Å². The highest BCUT2D eigenvalue weighted by atomic mass is 16.5. The molecule has 2 fully saturated rings. The molecule has 9 nitrogen and oxygen atoms in total. The lowest BCUT2D eigenvalue weighted by atomic mass is 10.1. The van der Waals surface area contributed by atoms with Crippen LogP contribution in [0.25, 0.3) is 22.3 Å². The molecule has 1 aromatic carbocycles. The van der Waals surface area contributed by atoms with Gasteiger partial charge in [0.1, 0.15) is 11.6 Å². The van der Waals surface area contributed by atoms with Crippen molar-refractivity contribution in [2.45, 2.75) is 52.7 Å². The summed E-state index contributed by atoms with van der Waals surface area (Å²) in [6, 6.07) is 10.9. The van der Waals surface area contributed by atoms with Crippen LogP contribution in [0.4, 0.5) is 11.8 Å². The van der Waals surface area contributed by atoms with Gasteiger partial charge < -0.3 is 29.3 Å². The van der Waals surface area contributed by atoms with E-state index in [2.05, 4.69) is 67.1 Å². The summed E-state index contributed by atoms with van der Waals surface area (Å²) < 4.78 is 17.1. The molecule has 0 radical (unpaired) electrons. The van der Waals surface area contributed by atoms with Gasteiger partial charge >= 0.3 is 0 Å². The molecule has 0 aliphatic carbocycles. The third-order valence-corrected chi connectivity index (χ3v) is 7.58. The SMILES string of the molecule is COc1ccc(-c2ccc3c(N4CCOCC4C)nc(N4CCOC[C@@H]4C)nc3n2)cc1CNCCC(C)C. The molecule has 9 heteroatoms. The minimum atomic E-state index is 0.196. The monoisotopic (exact) mass is 534 g/mol. The third kappa shape index (κ3) is 6.26. The van der Waals surface area contributed by atoms with Gasteiger partial charge in [0, 0.05) is 30.8 Å². The molecule has 0 saturated carbocycles. The van der Waals surface area contributed by atoms with E-state index in [1.54, 1.807) is 7.11 Å². The molecule has 3 aromatic rings. The Labute approximate surface area is 231 Å². The van der Waals surface area contributed by atoms with Gasteiger partial charge in [0.15, 0.2) is 5.65 Å². The zero-order valence-electron chi connectivity index (χ0n) is 23.9. The Morgan fingerprint density at radius 3 is 2.41 bits per heavy atom. The fourth-order valence-corrected chi connectivity index (χ4v) is 5.25. The Hall–Kier alpha value is -3.01. The second-order valence-corrected chi connectivity index (χ2v) is 11.0. The second-order valence-electron chi connectivity index (χ2n) is 11.0. The van der Waals surface area contributed by atoms with Crippen molar-refractivity contribution >= 4 is 22.8 Å². The minimum Gasteiger partial charge on any atom is -0.496 e. The fraction of sp³-hybridized carbons (Fsp3) is 0.567. The van der Waals surface area contributed by atoms with Crippen LogP contribution in [0.3, 0.4) is 0 Å². The highest BCUT2D eigenvalue weighted by Gasteiger charge is 2.27. The zero-order chi connectivity index (χ0) is 27.4. The van der Waals surface area contributed by atoms with Crippen molar-refractivity contribution in [2.75, 3.05) is 63.0 Å². The van der Waals surface area contributed by atoms with E-state index in [1.165, 1.54) is 0 Å². The van der Waals surface area contributed by atoms with Crippen LogP contribution in [0.1, 0.15) is 39.7 Å². The Balaban J connectivity index is 1.53. The second kappa shape index (κ2) is 12.4. The Morgan fingerprint density at radius 1 is 0.974 bits per heavy atom. The number of morpholine rings is 2. The van der Waals surface area contributed by atoms with Crippen molar-refractivity contribution in [3.8, 4) is 17.0 Å². The summed E-state index contributed by atoms with van der Waals surface area (Å²) in [5, 5.41) is 4.52. The van der Waals surface area contributed by atoms with E-state index in [1.807, 2.05) is 6.07 Å². The largest absolute Gasteiger partial charge is 0.496 e. The van der Waals surface area contributed by atoms with Crippen LogP contribution >= 0.6 is 0 Å². The van der Waals surface area contributed by atoms with Crippen molar-refractivity contribution in [1.82, 2.24) is 20.3 Å². The number of rotatable bonds is 9. The van der Waals surface area contributed by atoms with E-state index in [9.17, 15) is 0 Å². The van der Waals surface area contributed by atoms with Gasteiger partial charge in [-0.05, 0) is 63.1 Å². The quantitative estimate of drug-likeness (QED) is 0.404. The average Bonchev–Trinajstić information content (AvgIpc) is 2.95. The highest BCUT2D eigenvalue weighted by molar-refractivity contribution is 5.90. The number of ether oxygens (including phenoxy) is 3. The predicted octanol–water partition coefficient (Wildman–Crippen LogP) is 4.29. The smallest absolute Gasteiger partial charge is 0.229 e. The van der Waals surface area contributed by atoms with Crippen LogP contribution in [0, 0.1) is 5.92 Å². The standard InChI is InChI=1S/C30H42N6O3/c1-20(2)10-11-31-17-24-16-23(6-9-27(24)37-5)26-8-7-25-28(32-26)33-30(36-13-15-39-19-22(36)4)34-29(25)35-12-14-38-18-21(35)3/h6-9,16,20-22,31H,10-15,17-19H2,1-5H3/t21?,22-/m0/s1. The molecule has 1 N–H and O–H groups in total. The molecule has 2 aromatic heterocycles. The maximum absolute atomic E-state index is 5.72. The number of methoxy groups -OCH3 is 1. The van der Waals surface area contributed by atoms with Crippen molar-refractivity contribution in [1.29, 1.82) is 0 Å². The normalized spacial score (nSPS) is 20.2. The van der Waals surface area contributed by atoms with Gasteiger partial charge in [0.05, 0.1) is 56.7 Å². The molecule has 5 rings (SSSR count). The van der Waals surface area contributed by atoms with Gasteiger partial charge in [-0.25, -0.2) is 4.98 Å². The molecule has 39 heavy (non-hydrogen) atoms. The summed E-state index contributed by atoms with van der Waals surface area (Å²) in [5.74, 6) is 3.19. The lowest BCUT2D eigenvalue weighted by Crippen LogP contribution is -2.46. The Morgan fingerprint density at radius 2 is 1.72 bits per heavy atom. The van der Waals surface area contributed by atoms with Crippen molar-refractivity contribution in [3.63, 3.8) is 0 Å². The van der Waals surface area contributed by atoms with Gasteiger partial charge in [0.2, 0.25) is 5.95 Å². The molecule has 2 saturated heterocycles. The summed E-state index contributed by atoms with van der Waals surface area (Å²) in [4.78, 5) is 19.8. The molecule has 0 amide bonds. The fourth-order valence-electron chi connectivity index (χ4n) is 5.25. The topological polar surface area (TPSA) is 84.9 Å². The summed E-state index contributed by atoms with van der Waals surface area (Å²) in [5.41, 5.74) is 3.75. The lowest BCUT2D eigenvalue weighted by molar-refractivity contribution is 0.0973. The van der Waals surface area contributed by atoms with Crippen LogP contribution < -0.4 is 19.9 Å². The van der Waals surface area contributed by atoms with Crippen LogP contribution in [-0.2, 0) is 16.0 Å². The van der Waals surface area contributed by atoms with Crippen LogP contribution in [0.5, 0.6) is 5.75 Å². The Kier molecular flexibility index (Phi) is 8.79. The summed E-state index contributed by atoms with van der Waals surface area (Å²) in [6.45, 7) is 14.8. The van der Waals surface area contributed by atoms with Gasteiger partial charge in [0.25, 0.3) is 0 Å². The molecule has 210 valence electrons. The summed E-state index contributed by atoms with van der Waals surface area (Å²) in [6.07, 6.45) is 1.14. The van der Waals surface area contributed by atoms with E-state index in [0.29, 0.717) is 43.9 Å². The van der Waals surface area contributed by atoms with E-state index in [4.69, 9.17) is 29.2 Å². The first-order chi connectivity index (χ1) is 18.9. The number of aromatic nitrogens is 3. The first-order valence-corrected chi connectivity index (χ1v) is 14.2. The van der Waals surface area contributed by atoms with E-state index < -0.39 is 0 Å². The number of pyridine rings is 1. The number of fused-ring (bicyclic) bond motifs is 1. The first-order valence-electron chi connectivity index (χ1n) is 14.2. The summed E-state index contributed by atoms with van der Waals surface area (Å²) in [7, 11) is 1.72. The van der Waals surface area contributed by atoms with Crippen molar-refractivity contribution in [2.24, 2.45) is 5.92 Å². The van der Waals surface area contributed by atoms with Crippen LogP contribution in [-0.4, -0.2) is 80.2 Å². The molecule has 2 atom stereocenters. The molecule has 2 aliphatic heterocycles. The number of hydrogen-bond acceptors (Lipinski definition) is 9. The van der Waals surface area contributed by atoms with Gasteiger partial charge in [-0.2, -0.15) is 9.97 Å². The van der Waals surface area contributed by atoms with Crippen LogP contribution in [0.15, 0.2) is 30.3 Å². The lowest BCUT2D eigenvalue weighted by Gasteiger charge is -2.37. The number of hydrogen-bond donors (Lipinski definition) is 1. The summed E-state index contributed by atoms with van der Waals surface area (Å²) >= 11 is 0. The zero-order valence-corrected chi connectivity index (χ0v) is 23.9. The Bertz CT molecular complexity index is 1270. The molecular weight excluding hydrogens is 492 g/mol. The molecule has 0 bridgehead atoms. The minimum absolute atomic E-state index is 0.196. The number of anilines is 2. The van der Waals surface area contributed by atoms with Gasteiger partial charge in [-0.15, -0.1) is 0 Å². The number of nitrogens with one attached hydrogen (secondary N) is 1. The number of nitrogens with zero attached hydrogens (tertiary/aromatic N) is 5. The molecule has 2 aliphatic rings. The van der Waals surface area contributed by atoms with E-state index in [0.717, 1.165) is 66.4 Å². The number of benzene rings is 1. The maximum atomic E-state index is 5.72. The highest BCUT2D eigenvalue weighted by Crippen LogP contribution is 2.32. The third-order valence-electron chi connectivity index (χ3n) is 7.58.